The van der Waals surface area contributed by atoms with Crippen LogP contribution in [0.25, 0.3) is 0 Å². The van der Waals surface area contributed by atoms with Gasteiger partial charge in [0.05, 0.1) is 12.1 Å². The number of para-hydroxylation sites is 1. The van der Waals surface area contributed by atoms with Crippen LogP contribution in [0.1, 0.15) is 21.9 Å². The first kappa shape index (κ1) is 15.1. The van der Waals surface area contributed by atoms with Gasteiger partial charge in [-0.25, -0.2) is 4.39 Å². The number of hydrogen-bond donors (Lipinski definition) is 0. The molecule has 1 amide bonds. The topological polar surface area (TPSA) is 42.7 Å². The highest BCUT2D eigenvalue weighted by atomic mass is 19.1. The van der Waals surface area contributed by atoms with E-state index in [4.69, 9.17) is 9.15 Å². The zero-order valence-electron chi connectivity index (χ0n) is 12.4. The van der Waals surface area contributed by atoms with Gasteiger partial charge in [-0.05, 0) is 32.0 Å². The molecule has 2 rings (SSSR count). The van der Waals surface area contributed by atoms with Crippen LogP contribution in [-0.2, 0) is 0 Å². The molecule has 0 fully saturated rings. The van der Waals surface area contributed by atoms with Gasteiger partial charge in [0.15, 0.2) is 11.6 Å². The molecule has 0 aliphatic rings. The number of rotatable bonds is 5. The van der Waals surface area contributed by atoms with E-state index < -0.39 is 5.82 Å². The van der Waals surface area contributed by atoms with E-state index in [1.54, 1.807) is 45.2 Å². The quantitative estimate of drug-likeness (QED) is 0.849. The Hall–Kier alpha value is -2.30. The average Bonchev–Trinajstić information content (AvgIpc) is 2.79. The highest BCUT2D eigenvalue weighted by Gasteiger charge is 2.17. The standard InChI is InChI=1S/C16H18FNO3/c1-11-10-13(12(2)21-11)16(19)18(3)8-9-20-15-7-5-4-6-14(15)17/h4-7,10H,8-9H2,1-3H3. The molecule has 0 radical (unpaired) electrons. The van der Waals surface area contributed by atoms with Crippen molar-refractivity contribution in [2.75, 3.05) is 20.2 Å². The lowest BCUT2D eigenvalue weighted by Crippen LogP contribution is -2.31. The fraction of sp³-hybridized carbons (Fsp3) is 0.312. The van der Waals surface area contributed by atoms with Crippen molar-refractivity contribution in [3.05, 3.63) is 53.2 Å². The molecule has 1 aromatic carbocycles. The maximum absolute atomic E-state index is 13.4. The van der Waals surface area contributed by atoms with Crippen molar-refractivity contribution < 1.29 is 18.3 Å². The number of ether oxygens (including phenoxy) is 1. The molecule has 0 spiro atoms. The summed E-state index contributed by atoms with van der Waals surface area (Å²) < 4.78 is 24.1. The second-order valence-electron chi connectivity index (χ2n) is 4.83. The minimum atomic E-state index is -0.409. The largest absolute Gasteiger partial charge is 0.489 e. The van der Waals surface area contributed by atoms with Crippen molar-refractivity contribution in [1.82, 2.24) is 4.90 Å². The minimum absolute atomic E-state index is 0.138. The number of hydrogen-bond acceptors (Lipinski definition) is 3. The summed E-state index contributed by atoms with van der Waals surface area (Å²) in [6.45, 7) is 4.13. The van der Waals surface area contributed by atoms with Gasteiger partial charge >= 0.3 is 0 Å². The van der Waals surface area contributed by atoms with Crippen LogP contribution in [0.2, 0.25) is 0 Å². The number of amides is 1. The van der Waals surface area contributed by atoms with Crippen LogP contribution < -0.4 is 4.74 Å². The molecule has 0 saturated carbocycles. The number of carbonyl (C=O) groups excluding carboxylic acids is 1. The highest BCUT2D eigenvalue weighted by molar-refractivity contribution is 5.95. The summed E-state index contributed by atoms with van der Waals surface area (Å²) in [5, 5.41) is 0. The number of likely N-dealkylation sites (N-methyl/N-ethyl adjacent to an activating group) is 1. The molecule has 112 valence electrons. The first-order valence-corrected chi connectivity index (χ1v) is 6.69. The van der Waals surface area contributed by atoms with Gasteiger partial charge in [-0.1, -0.05) is 12.1 Å². The molecule has 2 aromatic rings. The predicted octanol–water partition coefficient (Wildman–Crippen LogP) is 3.19. The first-order valence-electron chi connectivity index (χ1n) is 6.69. The summed E-state index contributed by atoms with van der Waals surface area (Å²) in [7, 11) is 1.68. The summed E-state index contributed by atoms with van der Waals surface area (Å²) in [4.78, 5) is 13.8. The number of nitrogens with zero attached hydrogens (tertiary/aromatic N) is 1. The Morgan fingerprint density at radius 3 is 2.67 bits per heavy atom. The molecule has 0 aliphatic carbocycles. The fourth-order valence-electron chi connectivity index (χ4n) is 2.00. The molecular formula is C16H18FNO3. The number of furan rings is 1. The Balaban J connectivity index is 1.90. The lowest BCUT2D eigenvalue weighted by Gasteiger charge is -2.17. The second-order valence-corrected chi connectivity index (χ2v) is 4.83. The maximum Gasteiger partial charge on any atom is 0.257 e. The van der Waals surface area contributed by atoms with E-state index in [9.17, 15) is 9.18 Å². The van der Waals surface area contributed by atoms with Crippen molar-refractivity contribution in [2.45, 2.75) is 13.8 Å². The summed E-state index contributed by atoms with van der Waals surface area (Å²) in [6.07, 6.45) is 0. The summed E-state index contributed by atoms with van der Waals surface area (Å²) in [6, 6.07) is 7.90. The minimum Gasteiger partial charge on any atom is -0.489 e. The smallest absolute Gasteiger partial charge is 0.257 e. The Morgan fingerprint density at radius 2 is 2.05 bits per heavy atom. The number of benzene rings is 1. The first-order chi connectivity index (χ1) is 9.99. The Morgan fingerprint density at radius 1 is 1.33 bits per heavy atom. The number of halogens is 1. The Bertz CT molecular complexity index is 636. The monoisotopic (exact) mass is 291 g/mol. The molecule has 0 bridgehead atoms. The fourth-order valence-corrected chi connectivity index (χ4v) is 2.00. The molecule has 1 aromatic heterocycles. The molecule has 0 unspecified atom stereocenters. The lowest BCUT2D eigenvalue weighted by molar-refractivity contribution is 0.0771. The van der Waals surface area contributed by atoms with Gasteiger partial charge in [0.1, 0.15) is 18.1 Å². The molecular weight excluding hydrogens is 273 g/mol. The van der Waals surface area contributed by atoms with Gasteiger partial charge in [0.25, 0.3) is 5.91 Å². The molecule has 1 heterocycles. The second kappa shape index (κ2) is 6.43. The molecule has 21 heavy (non-hydrogen) atoms. The third-order valence-electron chi connectivity index (χ3n) is 3.14. The van der Waals surface area contributed by atoms with E-state index in [0.29, 0.717) is 23.6 Å². The van der Waals surface area contributed by atoms with Gasteiger partial charge in [-0.15, -0.1) is 0 Å². The van der Waals surface area contributed by atoms with E-state index in [2.05, 4.69) is 0 Å². The van der Waals surface area contributed by atoms with Crippen molar-refractivity contribution in [2.24, 2.45) is 0 Å². The van der Waals surface area contributed by atoms with Gasteiger partial charge in [0.2, 0.25) is 0 Å². The van der Waals surface area contributed by atoms with E-state index >= 15 is 0 Å². The van der Waals surface area contributed by atoms with Gasteiger partial charge < -0.3 is 14.1 Å². The van der Waals surface area contributed by atoms with E-state index in [1.165, 1.54) is 11.0 Å². The third kappa shape index (κ3) is 3.62. The molecule has 0 saturated heterocycles. The molecule has 4 nitrogen and oxygen atoms in total. The van der Waals surface area contributed by atoms with Crippen LogP contribution in [0, 0.1) is 19.7 Å². The zero-order chi connectivity index (χ0) is 15.4. The van der Waals surface area contributed by atoms with Crippen LogP contribution in [0.3, 0.4) is 0 Å². The lowest BCUT2D eigenvalue weighted by atomic mass is 10.2. The summed E-state index contributed by atoms with van der Waals surface area (Å²) in [5.74, 6) is 0.939. The van der Waals surface area contributed by atoms with Crippen molar-refractivity contribution in [1.29, 1.82) is 0 Å². The van der Waals surface area contributed by atoms with Crippen molar-refractivity contribution in [3.63, 3.8) is 0 Å². The Labute approximate surface area is 123 Å². The SMILES string of the molecule is Cc1cc(C(=O)N(C)CCOc2ccccc2F)c(C)o1. The number of carbonyl (C=O) groups is 1. The summed E-state index contributed by atoms with van der Waals surface area (Å²) in [5.41, 5.74) is 0.542. The normalized spacial score (nSPS) is 10.5. The van der Waals surface area contributed by atoms with Gasteiger partial charge in [-0.3, -0.25) is 4.79 Å². The molecule has 0 N–H and O–H groups in total. The van der Waals surface area contributed by atoms with Crippen LogP contribution in [0.4, 0.5) is 4.39 Å². The van der Waals surface area contributed by atoms with Crippen LogP contribution in [0.5, 0.6) is 5.75 Å². The van der Waals surface area contributed by atoms with Crippen molar-refractivity contribution >= 4 is 5.91 Å². The van der Waals surface area contributed by atoms with Crippen molar-refractivity contribution in [3.8, 4) is 5.75 Å². The van der Waals surface area contributed by atoms with Gasteiger partial charge in [0, 0.05) is 7.05 Å². The molecule has 0 atom stereocenters. The van der Waals surface area contributed by atoms with E-state index in [-0.39, 0.29) is 18.3 Å². The maximum atomic E-state index is 13.4. The van der Waals surface area contributed by atoms with Crippen LogP contribution in [0.15, 0.2) is 34.7 Å². The average molecular weight is 291 g/mol. The zero-order valence-corrected chi connectivity index (χ0v) is 12.4. The third-order valence-corrected chi connectivity index (χ3v) is 3.14. The molecule has 5 heteroatoms. The molecule has 0 aliphatic heterocycles. The summed E-state index contributed by atoms with van der Waals surface area (Å²) >= 11 is 0. The van der Waals surface area contributed by atoms with E-state index in [1.807, 2.05) is 0 Å². The Kier molecular flexibility index (Phi) is 4.62. The van der Waals surface area contributed by atoms with Crippen LogP contribution in [-0.4, -0.2) is 31.0 Å². The van der Waals surface area contributed by atoms with Gasteiger partial charge in [-0.2, -0.15) is 0 Å². The predicted molar refractivity (Wildman–Crippen MR) is 77.0 cm³/mol. The highest BCUT2D eigenvalue weighted by Crippen LogP contribution is 2.17. The number of aryl methyl sites for hydroxylation is 2. The van der Waals surface area contributed by atoms with E-state index in [0.717, 1.165) is 0 Å². The van der Waals surface area contributed by atoms with Crippen LogP contribution >= 0.6 is 0 Å².